The zero-order chi connectivity index (χ0) is 21.6. The van der Waals surface area contributed by atoms with Crippen LogP contribution >= 0.6 is 0 Å². The SMILES string of the molecule is CCCCCOc1ccc(-c2cc3ccccc3c(=O)n2-c2ccc(OC)cc2)cc1. The molecule has 0 unspecified atom stereocenters. The van der Waals surface area contributed by atoms with E-state index in [9.17, 15) is 4.79 Å². The molecule has 158 valence electrons. The quantitative estimate of drug-likeness (QED) is 0.321. The van der Waals surface area contributed by atoms with Crippen molar-refractivity contribution >= 4 is 10.8 Å². The molecule has 0 spiro atoms. The number of benzene rings is 3. The van der Waals surface area contributed by atoms with Crippen molar-refractivity contribution in [2.24, 2.45) is 0 Å². The molecule has 0 saturated carbocycles. The molecule has 0 aliphatic rings. The molecule has 0 N–H and O–H groups in total. The molecule has 1 heterocycles. The zero-order valence-electron chi connectivity index (χ0n) is 18.0. The van der Waals surface area contributed by atoms with Crippen molar-refractivity contribution in [3.63, 3.8) is 0 Å². The number of methoxy groups -OCH3 is 1. The molecule has 0 aliphatic heterocycles. The van der Waals surface area contributed by atoms with E-state index in [1.54, 1.807) is 11.7 Å². The van der Waals surface area contributed by atoms with Crippen LogP contribution in [0.25, 0.3) is 27.7 Å². The maximum absolute atomic E-state index is 13.5. The van der Waals surface area contributed by atoms with Crippen molar-refractivity contribution < 1.29 is 9.47 Å². The molecular weight excluding hydrogens is 386 g/mol. The van der Waals surface area contributed by atoms with E-state index in [1.165, 1.54) is 12.8 Å². The summed E-state index contributed by atoms with van der Waals surface area (Å²) in [7, 11) is 1.63. The van der Waals surface area contributed by atoms with Crippen LogP contribution in [0, 0.1) is 0 Å². The highest BCUT2D eigenvalue weighted by molar-refractivity contribution is 5.86. The highest BCUT2D eigenvalue weighted by Crippen LogP contribution is 2.27. The van der Waals surface area contributed by atoms with Crippen molar-refractivity contribution in [2.45, 2.75) is 26.2 Å². The summed E-state index contributed by atoms with van der Waals surface area (Å²) in [6, 6.07) is 25.3. The van der Waals surface area contributed by atoms with Crippen LogP contribution in [0.5, 0.6) is 11.5 Å². The third kappa shape index (κ3) is 4.48. The lowest BCUT2D eigenvalue weighted by Gasteiger charge is -2.16. The van der Waals surface area contributed by atoms with Crippen LogP contribution in [0.1, 0.15) is 26.2 Å². The van der Waals surface area contributed by atoms with Gasteiger partial charge < -0.3 is 9.47 Å². The second kappa shape index (κ2) is 9.52. The minimum absolute atomic E-state index is 0.0434. The Morgan fingerprint density at radius 3 is 2.26 bits per heavy atom. The first kappa shape index (κ1) is 20.7. The van der Waals surface area contributed by atoms with Gasteiger partial charge in [0.2, 0.25) is 0 Å². The lowest BCUT2D eigenvalue weighted by Crippen LogP contribution is -2.20. The molecule has 0 fully saturated rings. The summed E-state index contributed by atoms with van der Waals surface area (Å²) in [6.45, 7) is 2.90. The van der Waals surface area contributed by atoms with Gasteiger partial charge in [0.1, 0.15) is 11.5 Å². The summed E-state index contributed by atoms with van der Waals surface area (Å²) in [5, 5.41) is 1.62. The average molecular weight is 414 g/mol. The molecule has 0 atom stereocenters. The predicted molar refractivity (Wildman–Crippen MR) is 127 cm³/mol. The Kier molecular flexibility index (Phi) is 6.37. The Morgan fingerprint density at radius 1 is 0.839 bits per heavy atom. The molecule has 4 heteroatoms. The second-order valence-electron chi connectivity index (χ2n) is 7.54. The molecule has 4 nitrogen and oxygen atoms in total. The standard InChI is InChI=1S/C27H27NO3/c1-3-4-7-18-31-24-14-10-20(11-15-24)26-19-21-8-5-6-9-25(21)27(29)28(26)22-12-16-23(30-2)17-13-22/h5-6,8-17,19H,3-4,7,18H2,1-2H3. The monoisotopic (exact) mass is 413 g/mol. The number of unbranched alkanes of at least 4 members (excludes halogenated alkanes) is 2. The third-order valence-corrected chi connectivity index (χ3v) is 5.42. The molecule has 0 amide bonds. The highest BCUT2D eigenvalue weighted by Gasteiger charge is 2.13. The van der Waals surface area contributed by atoms with Crippen LogP contribution in [0.15, 0.2) is 83.7 Å². The molecule has 0 radical (unpaired) electrons. The maximum Gasteiger partial charge on any atom is 0.263 e. The number of ether oxygens (including phenoxy) is 2. The summed E-state index contributed by atoms with van der Waals surface area (Å²) in [6.07, 6.45) is 3.40. The summed E-state index contributed by atoms with van der Waals surface area (Å²) in [5.41, 5.74) is 2.55. The fourth-order valence-corrected chi connectivity index (χ4v) is 3.72. The number of nitrogens with zero attached hydrogens (tertiary/aromatic N) is 1. The molecular formula is C27H27NO3. The fraction of sp³-hybridized carbons (Fsp3) is 0.222. The summed E-state index contributed by atoms with van der Waals surface area (Å²) in [4.78, 5) is 13.5. The number of hydrogen-bond donors (Lipinski definition) is 0. The fourth-order valence-electron chi connectivity index (χ4n) is 3.72. The minimum Gasteiger partial charge on any atom is -0.497 e. The smallest absolute Gasteiger partial charge is 0.263 e. The molecule has 1 aromatic heterocycles. The van der Waals surface area contributed by atoms with E-state index in [1.807, 2.05) is 72.8 Å². The van der Waals surface area contributed by atoms with Crippen LogP contribution in [0.2, 0.25) is 0 Å². The van der Waals surface area contributed by atoms with Gasteiger partial charge in [-0.2, -0.15) is 0 Å². The van der Waals surface area contributed by atoms with Gasteiger partial charge >= 0.3 is 0 Å². The van der Waals surface area contributed by atoms with Gasteiger partial charge in [-0.3, -0.25) is 9.36 Å². The van der Waals surface area contributed by atoms with E-state index in [0.29, 0.717) is 5.39 Å². The van der Waals surface area contributed by atoms with E-state index in [-0.39, 0.29) is 5.56 Å². The Morgan fingerprint density at radius 2 is 1.55 bits per heavy atom. The Bertz CT molecular complexity index is 1210. The lowest BCUT2D eigenvalue weighted by molar-refractivity contribution is 0.306. The molecule has 0 aliphatic carbocycles. The van der Waals surface area contributed by atoms with Crippen molar-refractivity contribution in [2.75, 3.05) is 13.7 Å². The first-order chi connectivity index (χ1) is 15.2. The summed E-state index contributed by atoms with van der Waals surface area (Å²) < 4.78 is 12.9. The van der Waals surface area contributed by atoms with Crippen LogP contribution in [-0.4, -0.2) is 18.3 Å². The number of rotatable bonds is 8. The Hall–Kier alpha value is -3.53. The molecule has 4 rings (SSSR count). The van der Waals surface area contributed by atoms with Crippen molar-refractivity contribution in [1.82, 2.24) is 4.57 Å². The normalized spacial score (nSPS) is 10.9. The van der Waals surface area contributed by atoms with Crippen LogP contribution < -0.4 is 15.0 Å². The van der Waals surface area contributed by atoms with Crippen molar-refractivity contribution in [3.05, 3.63) is 89.2 Å². The molecule has 31 heavy (non-hydrogen) atoms. The first-order valence-electron chi connectivity index (χ1n) is 10.7. The van der Waals surface area contributed by atoms with Gasteiger partial charge in [0.15, 0.2) is 0 Å². The topological polar surface area (TPSA) is 40.5 Å². The van der Waals surface area contributed by atoms with Crippen LogP contribution in [0.3, 0.4) is 0 Å². The van der Waals surface area contributed by atoms with E-state index >= 15 is 0 Å². The number of pyridine rings is 1. The average Bonchev–Trinajstić information content (AvgIpc) is 2.82. The third-order valence-electron chi connectivity index (χ3n) is 5.42. The Labute approximate surface area is 182 Å². The van der Waals surface area contributed by atoms with Gasteiger partial charge in [0.05, 0.1) is 19.4 Å². The van der Waals surface area contributed by atoms with Gasteiger partial charge in [0, 0.05) is 11.1 Å². The van der Waals surface area contributed by atoms with Crippen molar-refractivity contribution in [3.8, 4) is 28.4 Å². The van der Waals surface area contributed by atoms with Gasteiger partial charge in [-0.15, -0.1) is 0 Å². The summed E-state index contributed by atoms with van der Waals surface area (Å²) >= 11 is 0. The van der Waals surface area contributed by atoms with Crippen LogP contribution in [0.4, 0.5) is 0 Å². The van der Waals surface area contributed by atoms with E-state index in [0.717, 1.165) is 46.9 Å². The van der Waals surface area contributed by atoms with Gasteiger partial charge in [0.25, 0.3) is 5.56 Å². The van der Waals surface area contributed by atoms with E-state index < -0.39 is 0 Å². The number of aromatic nitrogens is 1. The van der Waals surface area contributed by atoms with Crippen LogP contribution in [-0.2, 0) is 0 Å². The number of fused-ring (bicyclic) bond motifs is 1. The predicted octanol–water partition coefficient (Wildman–Crippen LogP) is 6.24. The Balaban J connectivity index is 1.78. The molecule has 4 aromatic rings. The molecule has 0 bridgehead atoms. The van der Waals surface area contributed by atoms with Gasteiger partial charge in [-0.1, -0.05) is 38.0 Å². The largest absolute Gasteiger partial charge is 0.497 e. The lowest BCUT2D eigenvalue weighted by atomic mass is 10.1. The van der Waals surface area contributed by atoms with E-state index in [4.69, 9.17) is 9.47 Å². The minimum atomic E-state index is -0.0434. The molecule has 0 saturated heterocycles. The molecule has 3 aromatic carbocycles. The van der Waals surface area contributed by atoms with Gasteiger partial charge in [-0.25, -0.2) is 0 Å². The zero-order valence-corrected chi connectivity index (χ0v) is 18.0. The van der Waals surface area contributed by atoms with E-state index in [2.05, 4.69) is 13.0 Å². The maximum atomic E-state index is 13.5. The summed E-state index contributed by atoms with van der Waals surface area (Å²) in [5.74, 6) is 1.60. The number of hydrogen-bond acceptors (Lipinski definition) is 3. The highest BCUT2D eigenvalue weighted by atomic mass is 16.5. The van der Waals surface area contributed by atoms with Crippen molar-refractivity contribution in [1.29, 1.82) is 0 Å². The van der Waals surface area contributed by atoms with Gasteiger partial charge in [-0.05, 0) is 78.0 Å². The second-order valence-corrected chi connectivity index (χ2v) is 7.54. The first-order valence-corrected chi connectivity index (χ1v) is 10.7.